The molecule has 1 aromatic heterocycles. The molecule has 0 spiro atoms. The fourth-order valence-electron chi connectivity index (χ4n) is 1.14. The molecule has 0 saturated heterocycles. The van der Waals surface area contributed by atoms with Crippen LogP contribution in [0.2, 0.25) is 5.02 Å². The number of hydrogen-bond donors (Lipinski definition) is 1. The van der Waals surface area contributed by atoms with Crippen LogP contribution in [0, 0.1) is 5.82 Å². The zero-order chi connectivity index (χ0) is 10.1. The molecule has 2 aromatic rings. The van der Waals surface area contributed by atoms with Crippen molar-refractivity contribution in [2.24, 2.45) is 0 Å². The molecule has 0 aliphatic rings. The van der Waals surface area contributed by atoms with Crippen molar-refractivity contribution in [3.8, 4) is 5.69 Å². The van der Waals surface area contributed by atoms with E-state index in [0.717, 1.165) is 0 Å². The predicted octanol–water partition coefficient (Wildman–Crippen LogP) is 2.25. The summed E-state index contributed by atoms with van der Waals surface area (Å²) in [7, 11) is 0. The van der Waals surface area contributed by atoms with Crippen LogP contribution in [0.5, 0.6) is 0 Å². The predicted molar refractivity (Wildman–Crippen MR) is 52.9 cm³/mol. The zero-order valence-electron chi connectivity index (χ0n) is 7.11. The van der Waals surface area contributed by atoms with Crippen LogP contribution in [0.3, 0.4) is 0 Å². The minimum Gasteiger partial charge on any atom is -0.382 e. The lowest BCUT2D eigenvalue weighted by Crippen LogP contribution is -1.99. The van der Waals surface area contributed by atoms with E-state index in [2.05, 4.69) is 5.10 Å². The summed E-state index contributed by atoms with van der Waals surface area (Å²) in [5.74, 6) is -0.165. The Morgan fingerprint density at radius 2 is 2.14 bits per heavy atom. The molecule has 5 heteroatoms. The van der Waals surface area contributed by atoms with Crippen molar-refractivity contribution in [2.75, 3.05) is 5.73 Å². The fourth-order valence-corrected chi connectivity index (χ4v) is 1.31. The number of aromatic nitrogens is 2. The summed E-state index contributed by atoms with van der Waals surface area (Å²) in [6, 6.07) is 6.29. The lowest BCUT2D eigenvalue weighted by atomic mass is 10.3. The van der Waals surface area contributed by atoms with Gasteiger partial charge in [0.05, 0.1) is 5.02 Å². The molecule has 0 aliphatic heterocycles. The van der Waals surface area contributed by atoms with Crippen molar-refractivity contribution in [1.82, 2.24) is 9.78 Å². The van der Waals surface area contributed by atoms with E-state index >= 15 is 0 Å². The van der Waals surface area contributed by atoms with Gasteiger partial charge in [-0.1, -0.05) is 17.7 Å². The number of nitrogen functional groups attached to an aromatic ring is 1. The van der Waals surface area contributed by atoms with E-state index in [0.29, 0.717) is 5.82 Å². The highest BCUT2D eigenvalue weighted by atomic mass is 35.5. The molecule has 1 heterocycles. The SMILES string of the molecule is Nc1ccn(-c2cccc(Cl)c2F)n1. The first-order chi connectivity index (χ1) is 6.68. The maximum absolute atomic E-state index is 13.5. The van der Waals surface area contributed by atoms with E-state index in [4.69, 9.17) is 17.3 Å². The molecule has 1 aromatic carbocycles. The minimum atomic E-state index is -0.503. The number of hydrogen-bond acceptors (Lipinski definition) is 2. The van der Waals surface area contributed by atoms with Gasteiger partial charge in [0.2, 0.25) is 0 Å². The van der Waals surface area contributed by atoms with E-state index in [-0.39, 0.29) is 10.7 Å². The normalized spacial score (nSPS) is 10.4. The van der Waals surface area contributed by atoms with Crippen LogP contribution in [-0.2, 0) is 0 Å². The van der Waals surface area contributed by atoms with E-state index in [9.17, 15) is 4.39 Å². The summed E-state index contributed by atoms with van der Waals surface area (Å²) in [5.41, 5.74) is 5.70. The van der Waals surface area contributed by atoms with Gasteiger partial charge in [-0.2, -0.15) is 5.10 Å². The summed E-state index contributed by atoms with van der Waals surface area (Å²) in [4.78, 5) is 0. The van der Waals surface area contributed by atoms with Gasteiger partial charge in [-0.25, -0.2) is 9.07 Å². The summed E-state index contributed by atoms with van der Waals surface area (Å²) in [6.07, 6.45) is 1.57. The molecule has 0 unspecified atom stereocenters. The summed E-state index contributed by atoms with van der Waals surface area (Å²) >= 11 is 5.62. The van der Waals surface area contributed by atoms with Crippen LogP contribution < -0.4 is 5.73 Å². The first kappa shape index (κ1) is 9.02. The second-order valence-electron chi connectivity index (χ2n) is 2.76. The smallest absolute Gasteiger partial charge is 0.167 e. The summed E-state index contributed by atoms with van der Waals surface area (Å²) in [5, 5.41) is 3.94. The second kappa shape index (κ2) is 3.31. The van der Waals surface area contributed by atoms with Crippen molar-refractivity contribution in [3.63, 3.8) is 0 Å². The second-order valence-corrected chi connectivity index (χ2v) is 3.17. The number of nitrogens with two attached hydrogens (primary N) is 1. The van der Waals surface area contributed by atoms with Gasteiger partial charge in [0, 0.05) is 12.3 Å². The molecule has 0 radical (unpaired) electrons. The van der Waals surface area contributed by atoms with Gasteiger partial charge in [-0.05, 0) is 12.1 Å². The van der Waals surface area contributed by atoms with Crippen LogP contribution >= 0.6 is 11.6 Å². The Bertz CT molecular complexity index is 467. The highest BCUT2D eigenvalue weighted by Gasteiger charge is 2.08. The van der Waals surface area contributed by atoms with Crippen LogP contribution in [0.4, 0.5) is 10.2 Å². The van der Waals surface area contributed by atoms with Crippen molar-refractivity contribution in [2.45, 2.75) is 0 Å². The monoisotopic (exact) mass is 211 g/mol. The highest BCUT2D eigenvalue weighted by Crippen LogP contribution is 2.20. The molecular formula is C9H7ClFN3. The number of halogens is 2. The third-order valence-electron chi connectivity index (χ3n) is 1.79. The van der Waals surface area contributed by atoms with E-state index < -0.39 is 5.82 Å². The maximum atomic E-state index is 13.5. The van der Waals surface area contributed by atoms with Gasteiger partial charge in [-0.15, -0.1) is 0 Å². The fraction of sp³-hybridized carbons (Fsp3) is 0. The van der Waals surface area contributed by atoms with Gasteiger partial charge in [0.1, 0.15) is 11.5 Å². The Kier molecular flexibility index (Phi) is 2.13. The van der Waals surface area contributed by atoms with Crippen molar-refractivity contribution in [3.05, 3.63) is 41.3 Å². The molecule has 0 amide bonds. The first-order valence-electron chi connectivity index (χ1n) is 3.94. The van der Waals surface area contributed by atoms with E-state index in [1.807, 2.05) is 0 Å². The third-order valence-corrected chi connectivity index (χ3v) is 2.08. The van der Waals surface area contributed by atoms with Crippen LogP contribution in [0.15, 0.2) is 30.5 Å². The van der Waals surface area contributed by atoms with Crippen molar-refractivity contribution in [1.29, 1.82) is 0 Å². The molecular weight excluding hydrogens is 205 g/mol. The lowest BCUT2D eigenvalue weighted by molar-refractivity contribution is 0.611. The summed E-state index contributed by atoms with van der Waals surface area (Å²) in [6.45, 7) is 0. The molecule has 0 aliphatic carbocycles. The minimum absolute atomic E-state index is 0.0663. The molecule has 0 atom stereocenters. The summed E-state index contributed by atoms with van der Waals surface area (Å²) < 4.78 is 14.8. The molecule has 0 saturated carbocycles. The molecule has 72 valence electrons. The van der Waals surface area contributed by atoms with Crippen molar-refractivity contribution < 1.29 is 4.39 Å². The van der Waals surface area contributed by atoms with Gasteiger partial charge < -0.3 is 5.73 Å². The maximum Gasteiger partial charge on any atom is 0.167 e. The standard InChI is InChI=1S/C9H7ClFN3/c10-6-2-1-3-7(9(6)11)14-5-4-8(12)13-14/h1-5H,(H2,12,13). The Labute approximate surface area is 84.9 Å². The van der Waals surface area contributed by atoms with Gasteiger partial charge in [0.15, 0.2) is 5.82 Å². The molecule has 3 nitrogen and oxygen atoms in total. The average Bonchev–Trinajstić information content (AvgIpc) is 2.57. The van der Waals surface area contributed by atoms with Gasteiger partial charge in [-0.3, -0.25) is 0 Å². The molecule has 2 rings (SSSR count). The zero-order valence-corrected chi connectivity index (χ0v) is 7.87. The third kappa shape index (κ3) is 1.44. The van der Waals surface area contributed by atoms with Gasteiger partial charge >= 0.3 is 0 Å². The average molecular weight is 212 g/mol. The molecule has 2 N–H and O–H groups in total. The van der Waals surface area contributed by atoms with Crippen LogP contribution in [-0.4, -0.2) is 9.78 Å². The number of benzene rings is 1. The first-order valence-corrected chi connectivity index (χ1v) is 4.32. The van der Waals surface area contributed by atoms with Gasteiger partial charge in [0.25, 0.3) is 0 Å². The topological polar surface area (TPSA) is 43.8 Å². The van der Waals surface area contributed by atoms with E-state index in [1.165, 1.54) is 10.7 Å². The quantitative estimate of drug-likeness (QED) is 0.786. The van der Waals surface area contributed by atoms with Crippen LogP contribution in [0.1, 0.15) is 0 Å². The largest absolute Gasteiger partial charge is 0.382 e. The van der Waals surface area contributed by atoms with Crippen molar-refractivity contribution >= 4 is 17.4 Å². The molecule has 14 heavy (non-hydrogen) atoms. The van der Waals surface area contributed by atoms with Crippen LogP contribution in [0.25, 0.3) is 5.69 Å². The lowest BCUT2D eigenvalue weighted by Gasteiger charge is -2.03. The number of rotatable bonds is 1. The Balaban J connectivity index is 2.57. The number of nitrogens with zero attached hydrogens (tertiary/aromatic N) is 2. The highest BCUT2D eigenvalue weighted by molar-refractivity contribution is 6.30. The Morgan fingerprint density at radius 1 is 1.36 bits per heavy atom. The number of anilines is 1. The van der Waals surface area contributed by atoms with E-state index in [1.54, 1.807) is 24.4 Å². The molecule has 0 fully saturated rings. The Morgan fingerprint density at radius 3 is 2.79 bits per heavy atom. The molecule has 0 bridgehead atoms. The Hall–Kier alpha value is -1.55.